The second-order valence-corrected chi connectivity index (χ2v) is 6.17. The summed E-state index contributed by atoms with van der Waals surface area (Å²) in [6.45, 7) is 0. The van der Waals surface area contributed by atoms with Gasteiger partial charge in [0.1, 0.15) is 5.60 Å². The molecule has 2 fully saturated rings. The molecule has 2 atom stereocenters. The zero-order valence-electron chi connectivity index (χ0n) is 9.30. The monoisotopic (exact) mass is 254 g/mol. The molecule has 92 valence electrons. The molecule has 1 saturated heterocycles. The zero-order valence-corrected chi connectivity index (χ0v) is 10.1. The molecule has 1 aromatic carbocycles. The predicted octanol–water partition coefficient (Wildman–Crippen LogP) is 2.10. The molecule has 3 rings (SSSR count). The van der Waals surface area contributed by atoms with Crippen molar-refractivity contribution in [2.75, 3.05) is 0 Å². The molecule has 1 aromatic rings. The Morgan fingerprint density at radius 2 is 2.18 bits per heavy atom. The van der Waals surface area contributed by atoms with Crippen LogP contribution in [-0.2, 0) is 20.5 Å². The first kappa shape index (κ1) is 11.2. The van der Waals surface area contributed by atoms with E-state index in [4.69, 9.17) is 9.29 Å². The van der Waals surface area contributed by atoms with Gasteiger partial charge in [-0.2, -0.15) is 8.42 Å². The fourth-order valence-corrected chi connectivity index (χ4v) is 3.29. The fraction of sp³-hybridized carbons (Fsp3) is 0.500. The third-order valence-electron chi connectivity index (χ3n) is 3.70. The average molecular weight is 254 g/mol. The van der Waals surface area contributed by atoms with Crippen molar-refractivity contribution >= 4 is 10.1 Å². The minimum Gasteiger partial charge on any atom is -0.361 e. The van der Waals surface area contributed by atoms with E-state index in [-0.39, 0.29) is 16.6 Å². The molecule has 4 nitrogen and oxygen atoms in total. The molecule has 1 aliphatic heterocycles. The topological polar surface area (TPSA) is 66.9 Å². The molecule has 0 bridgehead atoms. The quantitative estimate of drug-likeness (QED) is 0.648. The molecule has 2 unspecified atom stereocenters. The van der Waals surface area contributed by atoms with Crippen molar-refractivity contribution < 1.29 is 17.7 Å². The number of hydrogen-bond acceptors (Lipinski definition) is 3. The van der Waals surface area contributed by atoms with E-state index in [1.165, 1.54) is 18.6 Å². The van der Waals surface area contributed by atoms with Gasteiger partial charge < -0.3 is 4.74 Å². The molecule has 0 aromatic heterocycles. The van der Waals surface area contributed by atoms with Gasteiger partial charge in [-0.3, -0.25) is 4.55 Å². The highest BCUT2D eigenvalue weighted by molar-refractivity contribution is 7.85. The Kier molecular flexibility index (Phi) is 2.33. The first-order valence-electron chi connectivity index (χ1n) is 5.78. The molecule has 1 aliphatic carbocycles. The summed E-state index contributed by atoms with van der Waals surface area (Å²) in [5.74, 6) is 0. The predicted molar refractivity (Wildman–Crippen MR) is 61.3 cm³/mol. The normalized spacial score (nSPS) is 31.9. The van der Waals surface area contributed by atoms with Crippen molar-refractivity contribution in [1.29, 1.82) is 0 Å². The highest BCUT2D eigenvalue weighted by Crippen LogP contribution is 2.55. The summed E-state index contributed by atoms with van der Waals surface area (Å²) >= 11 is 0. The molecule has 1 saturated carbocycles. The van der Waals surface area contributed by atoms with Crippen LogP contribution in [0.2, 0.25) is 0 Å². The first-order valence-corrected chi connectivity index (χ1v) is 7.22. The summed E-state index contributed by atoms with van der Waals surface area (Å²) in [6, 6.07) is 6.46. The lowest BCUT2D eigenvalue weighted by Crippen LogP contribution is -2.17. The third-order valence-corrected chi connectivity index (χ3v) is 4.55. The molecule has 1 heterocycles. The largest absolute Gasteiger partial charge is 0.361 e. The Morgan fingerprint density at radius 3 is 2.88 bits per heavy atom. The Bertz CT molecular complexity index is 551. The number of rotatable bonds is 2. The van der Waals surface area contributed by atoms with Crippen molar-refractivity contribution in [2.45, 2.75) is 42.3 Å². The standard InChI is InChI=1S/C12H14O4S/c13-17(14,15)10-5-3-4-9(8-10)12-7-2-1-6-11(12)16-12/h3-5,8,11H,1-2,6-7H2,(H,13,14,15). The van der Waals surface area contributed by atoms with Crippen LogP contribution < -0.4 is 0 Å². The Balaban J connectivity index is 2.00. The molecule has 2 aliphatic rings. The van der Waals surface area contributed by atoms with E-state index in [1.807, 2.05) is 6.07 Å². The average Bonchev–Trinajstić information content (AvgIpc) is 3.04. The van der Waals surface area contributed by atoms with Crippen LogP contribution in [0.5, 0.6) is 0 Å². The Hall–Kier alpha value is -0.910. The second kappa shape index (κ2) is 3.54. The SMILES string of the molecule is O=S(=O)(O)c1cccc(C23CCCCC2O3)c1. The van der Waals surface area contributed by atoms with Crippen LogP contribution in [0.1, 0.15) is 31.2 Å². The van der Waals surface area contributed by atoms with Gasteiger partial charge in [0.15, 0.2) is 0 Å². The summed E-state index contributed by atoms with van der Waals surface area (Å²) in [5.41, 5.74) is 0.594. The lowest BCUT2D eigenvalue weighted by Gasteiger charge is -2.17. The smallest absolute Gasteiger partial charge is 0.294 e. The van der Waals surface area contributed by atoms with E-state index >= 15 is 0 Å². The van der Waals surface area contributed by atoms with Crippen molar-refractivity contribution in [3.63, 3.8) is 0 Å². The molecule has 0 amide bonds. The number of hydrogen-bond donors (Lipinski definition) is 1. The number of epoxide rings is 1. The van der Waals surface area contributed by atoms with Gasteiger partial charge in [-0.05, 0) is 30.5 Å². The first-order chi connectivity index (χ1) is 8.02. The van der Waals surface area contributed by atoms with E-state index in [0.29, 0.717) is 0 Å². The fourth-order valence-electron chi connectivity index (χ4n) is 2.77. The molecule has 5 heteroatoms. The molecule has 0 spiro atoms. The van der Waals surface area contributed by atoms with Crippen LogP contribution in [0, 0.1) is 0 Å². The lowest BCUT2D eigenvalue weighted by atomic mass is 9.84. The van der Waals surface area contributed by atoms with Gasteiger partial charge in [0.05, 0.1) is 11.0 Å². The van der Waals surface area contributed by atoms with Gasteiger partial charge in [-0.15, -0.1) is 0 Å². The van der Waals surface area contributed by atoms with Crippen LogP contribution in [0.15, 0.2) is 29.2 Å². The van der Waals surface area contributed by atoms with Crippen molar-refractivity contribution in [2.24, 2.45) is 0 Å². The maximum Gasteiger partial charge on any atom is 0.294 e. The summed E-state index contributed by atoms with van der Waals surface area (Å²) in [6.07, 6.45) is 4.48. The number of benzene rings is 1. The van der Waals surface area contributed by atoms with Gasteiger partial charge >= 0.3 is 0 Å². The van der Waals surface area contributed by atoms with E-state index in [9.17, 15) is 8.42 Å². The van der Waals surface area contributed by atoms with E-state index in [2.05, 4.69) is 0 Å². The highest BCUT2D eigenvalue weighted by Gasteiger charge is 2.58. The van der Waals surface area contributed by atoms with Crippen molar-refractivity contribution in [1.82, 2.24) is 0 Å². The van der Waals surface area contributed by atoms with Gasteiger partial charge in [0.25, 0.3) is 10.1 Å². The van der Waals surface area contributed by atoms with E-state index < -0.39 is 10.1 Å². The molecule has 17 heavy (non-hydrogen) atoms. The highest BCUT2D eigenvalue weighted by atomic mass is 32.2. The van der Waals surface area contributed by atoms with Crippen molar-refractivity contribution in [3.05, 3.63) is 29.8 Å². The van der Waals surface area contributed by atoms with E-state index in [0.717, 1.165) is 24.8 Å². The van der Waals surface area contributed by atoms with Gasteiger partial charge in [0.2, 0.25) is 0 Å². The lowest BCUT2D eigenvalue weighted by molar-refractivity contribution is 0.289. The zero-order chi connectivity index (χ0) is 12.1. The minimum absolute atomic E-state index is 0.0517. The molecular formula is C12H14O4S. The van der Waals surface area contributed by atoms with Gasteiger partial charge in [0, 0.05) is 0 Å². The van der Waals surface area contributed by atoms with Crippen LogP contribution in [0.4, 0.5) is 0 Å². The maximum atomic E-state index is 11.1. The van der Waals surface area contributed by atoms with Crippen LogP contribution in [0.25, 0.3) is 0 Å². The summed E-state index contributed by atoms with van der Waals surface area (Å²) < 4.78 is 37.0. The van der Waals surface area contributed by atoms with Crippen LogP contribution in [0.3, 0.4) is 0 Å². The van der Waals surface area contributed by atoms with Gasteiger partial charge in [-0.1, -0.05) is 25.0 Å². The Morgan fingerprint density at radius 1 is 1.35 bits per heavy atom. The molecule has 1 N–H and O–H groups in total. The molecular weight excluding hydrogens is 240 g/mol. The van der Waals surface area contributed by atoms with E-state index in [1.54, 1.807) is 6.07 Å². The number of ether oxygens (including phenoxy) is 1. The van der Waals surface area contributed by atoms with Crippen LogP contribution >= 0.6 is 0 Å². The van der Waals surface area contributed by atoms with Gasteiger partial charge in [-0.25, -0.2) is 0 Å². The second-order valence-electron chi connectivity index (χ2n) is 4.74. The van der Waals surface area contributed by atoms with Crippen molar-refractivity contribution in [3.8, 4) is 0 Å². The third kappa shape index (κ3) is 1.78. The van der Waals surface area contributed by atoms with Crippen LogP contribution in [-0.4, -0.2) is 19.1 Å². The maximum absolute atomic E-state index is 11.1. The molecule has 0 radical (unpaired) electrons. The Labute approximate surface area is 100 Å². The summed E-state index contributed by atoms with van der Waals surface area (Å²) in [7, 11) is -4.13. The minimum atomic E-state index is -4.13. The summed E-state index contributed by atoms with van der Waals surface area (Å²) in [5, 5.41) is 0. The summed E-state index contributed by atoms with van der Waals surface area (Å²) in [4.78, 5) is -0.0517. The number of fused-ring (bicyclic) bond motifs is 1.